The summed E-state index contributed by atoms with van der Waals surface area (Å²) in [5, 5.41) is 14.0. The predicted molar refractivity (Wildman–Crippen MR) is 97.7 cm³/mol. The number of nitriles is 1. The number of benzene rings is 1. The van der Waals surface area contributed by atoms with Crippen molar-refractivity contribution in [3.63, 3.8) is 0 Å². The first-order valence-corrected chi connectivity index (χ1v) is 8.76. The van der Waals surface area contributed by atoms with Crippen LogP contribution >= 0.6 is 11.3 Å². The van der Waals surface area contributed by atoms with Crippen LogP contribution in [0, 0.1) is 17.2 Å². The van der Waals surface area contributed by atoms with Crippen LogP contribution in [0.3, 0.4) is 0 Å². The van der Waals surface area contributed by atoms with Gasteiger partial charge in [-0.1, -0.05) is 0 Å². The van der Waals surface area contributed by atoms with Gasteiger partial charge in [0.2, 0.25) is 11.8 Å². The van der Waals surface area contributed by atoms with E-state index in [0.717, 1.165) is 0 Å². The Labute approximate surface area is 154 Å². The molecule has 2 aromatic rings. The highest BCUT2D eigenvalue weighted by molar-refractivity contribution is 7.14. The average molecular weight is 371 g/mol. The third-order valence-electron chi connectivity index (χ3n) is 4.20. The molecular weight excluding hydrogens is 354 g/mol. The fraction of sp³-hybridized carbons (Fsp3) is 0.278. The maximum absolute atomic E-state index is 12.5. The van der Waals surface area contributed by atoms with Gasteiger partial charge in [0.05, 0.1) is 31.4 Å². The summed E-state index contributed by atoms with van der Waals surface area (Å²) in [6, 6.07) is 8.85. The Hall–Kier alpha value is -3.05. The molecule has 1 aliphatic rings. The standard InChI is InChI=1S/C18H17N3O4S/c1-24-13-3-4-15(25-2)14(8-13)21-10-12(7-16(21)22)17(23)20-18-11(9-19)5-6-26-18/h3-6,8,12H,7,10H2,1-2H3,(H,20,23). The Bertz CT molecular complexity index is 887. The quantitative estimate of drug-likeness (QED) is 0.872. The minimum Gasteiger partial charge on any atom is -0.497 e. The molecule has 1 fully saturated rings. The fourth-order valence-electron chi connectivity index (χ4n) is 2.83. The summed E-state index contributed by atoms with van der Waals surface area (Å²) in [5.74, 6) is 0.182. The first kappa shape index (κ1) is 17.8. The number of hydrogen-bond donors (Lipinski definition) is 1. The first-order chi connectivity index (χ1) is 12.6. The van der Waals surface area contributed by atoms with Gasteiger partial charge >= 0.3 is 0 Å². The molecular formula is C18H17N3O4S. The summed E-state index contributed by atoms with van der Waals surface area (Å²) in [6.07, 6.45) is 0.0967. The second-order valence-electron chi connectivity index (χ2n) is 5.71. The average Bonchev–Trinajstić information content (AvgIpc) is 3.27. The molecule has 2 amide bonds. The molecule has 7 nitrogen and oxygen atoms in total. The number of rotatable bonds is 5. The number of carbonyl (C=O) groups excluding carboxylic acids is 2. The van der Waals surface area contributed by atoms with Crippen molar-refractivity contribution in [3.8, 4) is 17.6 Å². The molecule has 1 saturated heterocycles. The van der Waals surface area contributed by atoms with Gasteiger partial charge in [0, 0.05) is 19.0 Å². The Morgan fingerprint density at radius 2 is 2.15 bits per heavy atom. The number of ether oxygens (including phenoxy) is 2. The van der Waals surface area contributed by atoms with Gasteiger partial charge in [-0.2, -0.15) is 5.26 Å². The van der Waals surface area contributed by atoms with E-state index in [1.807, 2.05) is 6.07 Å². The molecule has 0 bridgehead atoms. The van der Waals surface area contributed by atoms with Crippen LogP contribution in [-0.2, 0) is 9.59 Å². The van der Waals surface area contributed by atoms with Crippen LogP contribution in [0.2, 0.25) is 0 Å². The molecule has 1 unspecified atom stereocenters. The van der Waals surface area contributed by atoms with E-state index in [0.29, 0.717) is 27.8 Å². The van der Waals surface area contributed by atoms with E-state index in [-0.39, 0.29) is 24.8 Å². The van der Waals surface area contributed by atoms with Crippen molar-refractivity contribution in [2.75, 3.05) is 31.0 Å². The summed E-state index contributed by atoms with van der Waals surface area (Å²) < 4.78 is 10.5. The maximum Gasteiger partial charge on any atom is 0.230 e. The smallest absolute Gasteiger partial charge is 0.230 e. The van der Waals surface area contributed by atoms with Crippen LogP contribution in [-0.4, -0.2) is 32.6 Å². The predicted octanol–water partition coefficient (Wildman–Crippen LogP) is 2.63. The molecule has 1 aromatic heterocycles. The zero-order chi connectivity index (χ0) is 18.7. The lowest BCUT2D eigenvalue weighted by Crippen LogP contribution is -2.28. The first-order valence-electron chi connectivity index (χ1n) is 7.88. The molecule has 134 valence electrons. The van der Waals surface area contributed by atoms with E-state index in [9.17, 15) is 9.59 Å². The monoisotopic (exact) mass is 371 g/mol. The SMILES string of the molecule is COc1ccc(OC)c(N2CC(C(=O)Nc3sccc3C#N)CC2=O)c1. The van der Waals surface area contributed by atoms with E-state index < -0.39 is 5.92 Å². The molecule has 26 heavy (non-hydrogen) atoms. The number of carbonyl (C=O) groups is 2. The molecule has 0 saturated carbocycles. The highest BCUT2D eigenvalue weighted by atomic mass is 32.1. The molecule has 0 radical (unpaired) electrons. The molecule has 3 rings (SSSR count). The fourth-order valence-corrected chi connectivity index (χ4v) is 3.57. The van der Waals surface area contributed by atoms with Gasteiger partial charge in [-0.25, -0.2) is 0 Å². The summed E-state index contributed by atoms with van der Waals surface area (Å²) in [4.78, 5) is 26.5. The maximum atomic E-state index is 12.5. The van der Waals surface area contributed by atoms with Crippen molar-refractivity contribution < 1.29 is 19.1 Å². The van der Waals surface area contributed by atoms with Crippen molar-refractivity contribution in [1.82, 2.24) is 0 Å². The van der Waals surface area contributed by atoms with Crippen LogP contribution in [0.25, 0.3) is 0 Å². The van der Waals surface area contributed by atoms with E-state index >= 15 is 0 Å². The number of methoxy groups -OCH3 is 2. The van der Waals surface area contributed by atoms with Crippen molar-refractivity contribution >= 4 is 33.8 Å². The number of thiophene rings is 1. The van der Waals surface area contributed by atoms with E-state index in [1.165, 1.54) is 23.3 Å². The minimum atomic E-state index is -0.507. The molecule has 1 aromatic carbocycles. The highest BCUT2D eigenvalue weighted by Crippen LogP contribution is 2.36. The topological polar surface area (TPSA) is 91.7 Å². The van der Waals surface area contributed by atoms with E-state index in [4.69, 9.17) is 14.7 Å². The largest absolute Gasteiger partial charge is 0.497 e. The Morgan fingerprint density at radius 1 is 1.35 bits per heavy atom. The van der Waals surface area contributed by atoms with Gasteiger partial charge in [0.25, 0.3) is 0 Å². The lowest BCUT2D eigenvalue weighted by atomic mass is 10.1. The van der Waals surface area contributed by atoms with Crippen molar-refractivity contribution in [2.24, 2.45) is 5.92 Å². The summed E-state index contributed by atoms with van der Waals surface area (Å²) in [7, 11) is 3.07. The van der Waals surface area contributed by atoms with Gasteiger partial charge in [0.15, 0.2) is 0 Å². The van der Waals surface area contributed by atoms with Crippen molar-refractivity contribution in [3.05, 3.63) is 35.2 Å². The molecule has 0 spiro atoms. The van der Waals surface area contributed by atoms with Crippen LogP contribution in [0.4, 0.5) is 10.7 Å². The Morgan fingerprint density at radius 3 is 2.85 bits per heavy atom. The van der Waals surface area contributed by atoms with Crippen LogP contribution in [0.15, 0.2) is 29.6 Å². The molecule has 1 aliphatic heterocycles. The van der Waals surface area contributed by atoms with E-state index in [2.05, 4.69) is 5.32 Å². The van der Waals surface area contributed by atoms with Crippen LogP contribution in [0.5, 0.6) is 11.5 Å². The molecule has 0 aliphatic carbocycles. The van der Waals surface area contributed by atoms with Crippen LogP contribution < -0.4 is 19.7 Å². The molecule has 8 heteroatoms. The van der Waals surface area contributed by atoms with Gasteiger partial charge in [-0.3, -0.25) is 9.59 Å². The zero-order valence-corrected chi connectivity index (χ0v) is 15.1. The van der Waals surface area contributed by atoms with E-state index in [1.54, 1.807) is 36.8 Å². The summed E-state index contributed by atoms with van der Waals surface area (Å²) in [5.41, 5.74) is 0.986. The lowest BCUT2D eigenvalue weighted by molar-refractivity contribution is -0.122. The number of anilines is 2. The Balaban J connectivity index is 1.79. The summed E-state index contributed by atoms with van der Waals surface area (Å²) in [6.45, 7) is 0.238. The molecule has 1 N–H and O–H groups in total. The second kappa shape index (κ2) is 7.45. The van der Waals surface area contributed by atoms with Gasteiger partial charge in [-0.05, 0) is 23.6 Å². The Kier molecular flexibility index (Phi) is 5.09. The number of amides is 2. The van der Waals surface area contributed by atoms with Crippen molar-refractivity contribution in [2.45, 2.75) is 6.42 Å². The summed E-state index contributed by atoms with van der Waals surface area (Å²) >= 11 is 1.28. The van der Waals surface area contributed by atoms with Gasteiger partial charge < -0.3 is 19.7 Å². The molecule has 2 heterocycles. The molecule has 1 atom stereocenters. The van der Waals surface area contributed by atoms with Crippen LogP contribution in [0.1, 0.15) is 12.0 Å². The lowest BCUT2D eigenvalue weighted by Gasteiger charge is -2.20. The van der Waals surface area contributed by atoms with Gasteiger partial charge in [0.1, 0.15) is 22.6 Å². The third-order valence-corrected chi connectivity index (χ3v) is 5.02. The second-order valence-corrected chi connectivity index (χ2v) is 6.62. The van der Waals surface area contributed by atoms with Crippen molar-refractivity contribution in [1.29, 1.82) is 5.26 Å². The number of nitrogens with zero attached hydrogens (tertiary/aromatic N) is 2. The minimum absolute atomic E-state index is 0.0967. The zero-order valence-electron chi connectivity index (χ0n) is 14.3. The number of hydrogen-bond acceptors (Lipinski definition) is 6. The number of nitrogens with one attached hydrogen (secondary N) is 1. The van der Waals surface area contributed by atoms with Gasteiger partial charge in [-0.15, -0.1) is 11.3 Å². The third kappa shape index (κ3) is 3.34. The highest BCUT2D eigenvalue weighted by Gasteiger charge is 2.36. The normalized spacial score (nSPS) is 16.3.